The first kappa shape index (κ1) is 13.5. The summed E-state index contributed by atoms with van der Waals surface area (Å²) in [5, 5.41) is 0.777. The number of hydrogen-bond acceptors (Lipinski definition) is 3. The van der Waals surface area contributed by atoms with Gasteiger partial charge in [0.1, 0.15) is 0 Å². The monoisotopic (exact) mass is 280 g/mol. The smallest absolute Gasteiger partial charge is 0.251 e. The minimum atomic E-state index is -0.376. The molecule has 21 heavy (non-hydrogen) atoms. The number of rotatable bonds is 2. The Balaban J connectivity index is 1.97. The number of nitrogens with two attached hydrogens (primary N) is 1. The van der Waals surface area contributed by atoms with E-state index in [1.54, 1.807) is 0 Å². The summed E-state index contributed by atoms with van der Waals surface area (Å²) in [6.45, 7) is 0. The van der Waals surface area contributed by atoms with E-state index in [0.717, 1.165) is 16.1 Å². The SMILES string of the molecule is NN1C(=O)C(c2ccccc2)CC(c2ccccc2)C1=O. The first-order valence-corrected chi connectivity index (χ1v) is 6.91. The molecule has 0 aromatic heterocycles. The fourth-order valence-corrected chi connectivity index (χ4v) is 2.81. The van der Waals surface area contributed by atoms with Gasteiger partial charge in [-0.05, 0) is 17.5 Å². The van der Waals surface area contributed by atoms with E-state index in [1.165, 1.54) is 0 Å². The predicted octanol–water partition coefficient (Wildman–Crippen LogP) is 2.19. The van der Waals surface area contributed by atoms with Crippen LogP contribution in [0, 0.1) is 0 Å². The number of imide groups is 1. The summed E-state index contributed by atoms with van der Waals surface area (Å²) in [5.41, 5.74) is 1.79. The molecule has 106 valence electrons. The van der Waals surface area contributed by atoms with Gasteiger partial charge in [0.05, 0.1) is 11.8 Å². The number of nitrogens with zero attached hydrogens (tertiary/aromatic N) is 1. The number of hydrazine groups is 1. The molecule has 2 unspecified atom stereocenters. The molecule has 0 aliphatic carbocycles. The molecule has 2 aromatic carbocycles. The fraction of sp³-hybridized carbons (Fsp3) is 0.176. The first-order chi connectivity index (χ1) is 10.2. The Hall–Kier alpha value is -2.46. The summed E-state index contributed by atoms with van der Waals surface area (Å²) < 4.78 is 0. The molecule has 2 amide bonds. The number of carbonyl (C=O) groups excluding carboxylic acids is 2. The van der Waals surface area contributed by atoms with Crippen molar-refractivity contribution in [2.24, 2.45) is 5.84 Å². The molecule has 2 atom stereocenters. The van der Waals surface area contributed by atoms with E-state index in [0.29, 0.717) is 6.42 Å². The van der Waals surface area contributed by atoms with Crippen molar-refractivity contribution in [1.29, 1.82) is 0 Å². The van der Waals surface area contributed by atoms with Gasteiger partial charge in [0.15, 0.2) is 0 Å². The average Bonchev–Trinajstić information content (AvgIpc) is 2.55. The highest BCUT2D eigenvalue weighted by atomic mass is 16.2. The molecule has 1 heterocycles. The zero-order chi connectivity index (χ0) is 14.8. The summed E-state index contributed by atoms with van der Waals surface area (Å²) in [6.07, 6.45) is 0.458. The maximum atomic E-state index is 12.3. The zero-order valence-corrected chi connectivity index (χ0v) is 11.5. The molecular weight excluding hydrogens is 264 g/mol. The molecule has 1 aliphatic heterocycles. The highest BCUT2D eigenvalue weighted by molar-refractivity contribution is 6.03. The van der Waals surface area contributed by atoms with Crippen molar-refractivity contribution in [3.63, 3.8) is 0 Å². The highest BCUT2D eigenvalue weighted by Gasteiger charge is 2.40. The molecule has 3 rings (SSSR count). The predicted molar refractivity (Wildman–Crippen MR) is 79.0 cm³/mol. The standard InChI is InChI=1S/C17H16N2O2/c18-19-16(20)14(12-7-3-1-4-8-12)11-15(17(19)21)13-9-5-2-6-10-13/h1-10,14-15H,11,18H2. The average molecular weight is 280 g/mol. The molecule has 1 fully saturated rings. The fourth-order valence-electron chi connectivity index (χ4n) is 2.81. The van der Waals surface area contributed by atoms with Crippen molar-refractivity contribution < 1.29 is 9.59 Å². The Bertz CT molecular complexity index is 598. The van der Waals surface area contributed by atoms with Crippen LogP contribution in [0.4, 0.5) is 0 Å². The van der Waals surface area contributed by atoms with Crippen molar-refractivity contribution >= 4 is 11.8 Å². The van der Waals surface area contributed by atoms with Crippen molar-refractivity contribution in [3.05, 3.63) is 71.8 Å². The Morgan fingerprint density at radius 2 is 1.14 bits per heavy atom. The van der Waals surface area contributed by atoms with Crippen LogP contribution in [0.3, 0.4) is 0 Å². The number of hydrogen-bond donors (Lipinski definition) is 1. The van der Waals surface area contributed by atoms with Gasteiger partial charge in [0, 0.05) is 0 Å². The van der Waals surface area contributed by atoms with Crippen molar-refractivity contribution in [2.75, 3.05) is 0 Å². The minimum Gasteiger partial charge on any atom is -0.272 e. The first-order valence-electron chi connectivity index (χ1n) is 6.91. The highest BCUT2D eigenvalue weighted by Crippen LogP contribution is 2.36. The lowest BCUT2D eigenvalue weighted by atomic mass is 9.81. The van der Waals surface area contributed by atoms with E-state index >= 15 is 0 Å². The third-order valence-corrected chi connectivity index (χ3v) is 3.95. The molecule has 2 aromatic rings. The lowest BCUT2D eigenvalue weighted by molar-refractivity contribution is -0.151. The van der Waals surface area contributed by atoms with Crippen LogP contribution in [-0.4, -0.2) is 16.8 Å². The van der Waals surface area contributed by atoms with Gasteiger partial charge in [-0.15, -0.1) is 0 Å². The van der Waals surface area contributed by atoms with Gasteiger partial charge < -0.3 is 0 Å². The van der Waals surface area contributed by atoms with E-state index in [-0.39, 0.29) is 23.7 Å². The van der Waals surface area contributed by atoms with Gasteiger partial charge in [-0.25, -0.2) is 10.9 Å². The molecule has 2 N–H and O–H groups in total. The molecule has 4 heteroatoms. The summed E-state index contributed by atoms with van der Waals surface area (Å²) in [4.78, 5) is 24.6. The number of carbonyl (C=O) groups is 2. The quantitative estimate of drug-likeness (QED) is 0.521. The summed E-state index contributed by atoms with van der Waals surface area (Å²) in [7, 11) is 0. The summed E-state index contributed by atoms with van der Waals surface area (Å²) in [5.74, 6) is 4.29. The van der Waals surface area contributed by atoms with Crippen LogP contribution < -0.4 is 5.84 Å². The van der Waals surface area contributed by atoms with Gasteiger partial charge in [0.2, 0.25) is 0 Å². The minimum absolute atomic E-state index is 0.335. The number of amides is 2. The Kier molecular flexibility index (Phi) is 3.54. The van der Waals surface area contributed by atoms with Crippen LogP contribution in [0.15, 0.2) is 60.7 Å². The Labute approximate surface area is 123 Å². The summed E-state index contributed by atoms with van der Waals surface area (Å²) in [6, 6.07) is 18.9. The largest absolute Gasteiger partial charge is 0.272 e. The topological polar surface area (TPSA) is 63.4 Å². The van der Waals surface area contributed by atoms with Gasteiger partial charge >= 0.3 is 0 Å². The van der Waals surface area contributed by atoms with Crippen LogP contribution in [0.25, 0.3) is 0 Å². The third-order valence-electron chi connectivity index (χ3n) is 3.95. The second kappa shape index (κ2) is 5.50. The van der Waals surface area contributed by atoms with E-state index in [1.807, 2.05) is 60.7 Å². The Morgan fingerprint density at radius 3 is 1.52 bits per heavy atom. The molecule has 0 saturated carbocycles. The zero-order valence-electron chi connectivity index (χ0n) is 11.5. The molecular formula is C17H16N2O2. The van der Waals surface area contributed by atoms with E-state index in [4.69, 9.17) is 5.84 Å². The van der Waals surface area contributed by atoms with Crippen LogP contribution in [0.2, 0.25) is 0 Å². The third kappa shape index (κ3) is 2.45. The normalized spacial score (nSPS) is 22.4. The van der Waals surface area contributed by atoms with E-state index in [9.17, 15) is 9.59 Å². The lowest BCUT2D eigenvalue weighted by Crippen LogP contribution is -2.51. The molecule has 1 aliphatic rings. The molecule has 1 saturated heterocycles. The van der Waals surface area contributed by atoms with Crippen LogP contribution in [0.1, 0.15) is 29.4 Å². The maximum absolute atomic E-state index is 12.3. The van der Waals surface area contributed by atoms with Gasteiger partial charge in [-0.1, -0.05) is 60.7 Å². The summed E-state index contributed by atoms with van der Waals surface area (Å²) >= 11 is 0. The molecule has 0 bridgehead atoms. The maximum Gasteiger partial charge on any atom is 0.251 e. The van der Waals surface area contributed by atoms with Crippen molar-refractivity contribution in [3.8, 4) is 0 Å². The van der Waals surface area contributed by atoms with Gasteiger partial charge in [-0.3, -0.25) is 9.59 Å². The van der Waals surface area contributed by atoms with Crippen molar-refractivity contribution in [1.82, 2.24) is 5.01 Å². The van der Waals surface area contributed by atoms with Crippen molar-refractivity contribution in [2.45, 2.75) is 18.3 Å². The number of benzene rings is 2. The van der Waals surface area contributed by atoms with E-state index < -0.39 is 0 Å². The molecule has 0 spiro atoms. The van der Waals surface area contributed by atoms with Crippen LogP contribution >= 0.6 is 0 Å². The Morgan fingerprint density at radius 1 is 0.762 bits per heavy atom. The van der Waals surface area contributed by atoms with Gasteiger partial charge in [0.25, 0.3) is 11.8 Å². The van der Waals surface area contributed by atoms with Crippen LogP contribution in [0.5, 0.6) is 0 Å². The second-order valence-corrected chi connectivity index (χ2v) is 5.21. The molecule has 0 radical (unpaired) electrons. The lowest BCUT2D eigenvalue weighted by Gasteiger charge is -2.33. The van der Waals surface area contributed by atoms with Crippen LogP contribution in [-0.2, 0) is 9.59 Å². The molecule has 4 nitrogen and oxygen atoms in total. The van der Waals surface area contributed by atoms with E-state index in [2.05, 4.69) is 0 Å². The number of piperidine rings is 1. The second-order valence-electron chi connectivity index (χ2n) is 5.21. The van der Waals surface area contributed by atoms with Gasteiger partial charge in [-0.2, -0.15) is 0 Å².